The molecule has 1 heterocycles. The number of hydrogen-bond donors (Lipinski definition) is 3. The monoisotopic (exact) mass is 279 g/mol. The van der Waals surface area contributed by atoms with Gasteiger partial charge in [-0.1, -0.05) is 0 Å². The molecule has 20 heavy (non-hydrogen) atoms. The first-order chi connectivity index (χ1) is 9.60. The van der Waals surface area contributed by atoms with Gasteiger partial charge in [0.15, 0.2) is 0 Å². The van der Waals surface area contributed by atoms with Gasteiger partial charge >= 0.3 is 12.0 Å². The van der Waals surface area contributed by atoms with Crippen molar-refractivity contribution in [3.8, 4) is 0 Å². The average molecular weight is 279 g/mol. The molecule has 0 radical (unpaired) electrons. The fraction of sp³-hybridized carbons (Fsp3) is 0.462. The molecule has 7 nitrogen and oxygen atoms in total. The van der Waals surface area contributed by atoms with Crippen molar-refractivity contribution < 1.29 is 19.4 Å². The lowest BCUT2D eigenvalue weighted by molar-refractivity contribution is 0.0696. The zero-order chi connectivity index (χ0) is 14.5. The minimum Gasteiger partial charge on any atom is -0.478 e. The van der Waals surface area contributed by atoms with Crippen LogP contribution in [-0.2, 0) is 4.74 Å². The quantitative estimate of drug-likeness (QED) is 0.774. The number of nitrogens with one attached hydrogen (secondary N) is 2. The number of carboxylic acid groups (broad SMARTS) is 1. The summed E-state index contributed by atoms with van der Waals surface area (Å²) in [6, 6.07) is 0.955. The van der Waals surface area contributed by atoms with Gasteiger partial charge in [0.1, 0.15) is 0 Å². The van der Waals surface area contributed by atoms with Gasteiger partial charge in [-0.25, -0.2) is 9.59 Å². The molecule has 7 heteroatoms. The highest BCUT2D eigenvalue weighted by Gasteiger charge is 2.28. The van der Waals surface area contributed by atoms with E-state index in [4.69, 9.17) is 9.84 Å². The number of ether oxygens (including phenoxy) is 1. The Hall–Kier alpha value is -2.15. The van der Waals surface area contributed by atoms with Crippen molar-refractivity contribution in [2.24, 2.45) is 0 Å². The molecule has 1 aromatic heterocycles. The molecule has 2 amide bonds. The van der Waals surface area contributed by atoms with E-state index in [1.807, 2.05) is 0 Å². The highest BCUT2D eigenvalue weighted by atomic mass is 16.5. The molecule has 108 valence electrons. The first-order valence-corrected chi connectivity index (χ1v) is 6.39. The third-order valence-electron chi connectivity index (χ3n) is 3.31. The number of carboxylic acids is 1. The summed E-state index contributed by atoms with van der Waals surface area (Å²) in [7, 11) is 1.63. The van der Waals surface area contributed by atoms with Crippen molar-refractivity contribution in [3.05, 3.63) is 24.0 Å². The van der Waals surface area contributed by atoms with Gasteiger partial charge in [0, 0.05) is 13.3 Å². The maximum Gasteiger partial charge on any atom is 0.337 e. The van der Waals surface area contributed by atoms with Gasteiger partial charge in [-0.05, 0) is 25.3 Å². The molecular weight excluding hydrogens is 262 g/mol. The summed E-state index contributed by atoms with van der Waals surface area (Å²) in [5, 5.41) is 14.3. The predicted molar refractivity (Wildman–Crippen MR) is 71.8 cm³/mol. The van der Waals surface area contributed by atoms with E-state index in [-0.39, 0.29) is 23.7 Å². The number of urea groups is 1. The zero-order valence-electron chi connectivity index (χ0n) is 11.1. The maximum atomic E-state index is 11.9. The van der Waals surface area contributed by atoms with Gasteiger partial charge in [-0.15, -0.1) is 0 Å². The maximum absolute atomic E-state index is 11.9. The lowest BCUT2D eigenvalue weighted by atomic mass is 10.2. The molecule has 2 unspecified atom stereocenters. The van der Waals surface area contributed by atoms with E-state index in [9.17, 15) is 9.59 Å². The summed E-state index contributed by atoms with van der Waals surface area (Å²) in [5.74, 6) is -1.09. The van der Waals surface area contributed by atoms with Crippen LogP contribution in [0.5, 0.6) is 0 Å². The topological polar surface area (TPSA) is 101 Å². The van der Waals surface area contributed by atoms with Crippen molar-refractivity contribution >= 4 is 17.7 Å². The molecule has 1 aliphatic rings. The molecule has 0 aromatic carbocycles. The van der Waals surface area contributed by atoms with Crippen molar-refractivity contribution in [2.75, 3.05) is 12.4 Å². The first kappa shape index (κ1) is 14.3. The number of pyridine rings is 1. The van der Waals surface area contributed by atoms with Crippen LogP contribution >= 0.6 is 0 Å². The molecule has 1 aromatic rings. The summed E-state index contributed by atoms with van der Waals surface area (Å²) >= 11 is 0. The third kappa shape index (κ3) is 3.45. The van der Waals surface area contributed by atoms with E-state index < -0.39 is 5.97 Å². The lowest BCUT2D eigenvalue weighted by Crippen LogP contribution is -2.42. The summed E-state index contributed by atoms with van der Waals surface area (Å²) < 4.78 is 5.29. The van der Waals surface area contributed by atoms with Crippen molar-refractivity contribution in [1.29, 1.82) is 0 Å². The van der Waals surface area contributed by atoms with Crippen LogP contribution in [-0.4, -0.2) is 41.3 Å². The minimum absolute atomic E-state index is 0.0179. The summed E-state index contributed by atoms with van der Waals surface area (Å²) in [5.41, 5.74) is 0.368. The van der Waals surface area contributed by atoms with E-state index >= 15 is 0 Å². The molecule has 2 atom stereocenters. The van der Waals surface area contributed by atoms with Crippen LogP contribution in [0.3, 0.4) is 0 Å². The third-order valence-corrected chi connectivity index (χ3v) is 3.31. The van der Waals surface area contributed by atoms with Crippen LogP contribution in [0.1, 0.15) is 29.6 Å². The van der Waals surface area contributed by atoms with Gasteiger partial charge in [-0.2, -0.15) is 0 Å². The molecule has 0 bridgehead atoms. The van der Waals surface area contributed by atoms with Crippen molar-refractivity contribution in [1.82, 2.24) is 10.3 Å². The normalized spacial score (nSPS) is 21.4. The first-order valence-electron chi connectivity index (χ1n) is 6.39. The Balaban J connectivity index is 1.94. The number of anilines is 1. The molecular formula is C13H17N3O4. The van der Waals surface area contributed by atoms with Gasteiger partial charge < -0.3 is 20.5 Å². The second-order valence-corrected chi connectivity index (χ2v) is 4.68. The number of amides is 2. The van der Waals surface area contributed by atoms with Crippen LogP contribution in [0.25, 0.3) is 0 Å². The number of aromatic carboxylic acids is 1. The standard InChI is InChI=1S/C13H17N3O4/c1-20-11-4-2-3-10(11)16-13(19)15-9-5-8(12(17)18)6-14-7-9/h5-7,10-11H,2-4H2,1H3,(H,17,18)(H2,15,16,19). The highest BCUT2D eigenvalue weighted by molar-refractivity contribution is 5.92. The van der Waals surface area contributed by atoms with Gasteiger partial charge in [0.25, 0.3) is 0 Å². The Kier molecular flexibility index (Phi) is 4.52. The van der Waals surface area contributed by atoms with Crippen molar-refractivity contribution in [3.63, 3.8) is 0 Å². The second kappa shape index (κ2) is 6.33. The number of carbonyl (C=O) groups is 2. The van der Waals surface area contributed by atoms with E-state index in [2.05, 4.69) is 15.6 Å². The second-order valence-electron chi connectivity index (χ2n) is 4.68. The largest absolute Gasteiger partial charge is 0.478 e. The van der Waals surface area contributed by atoms with Crippen LogP contribution in [0.4, 0.5) is 10.5 Å². The zero-order valence-corrected chi connectivity index (χ0v) is 11.1. The number of rotatable bonds is 4. The Labute approximate surface area is 116 Å². The lowest BCUT2D eigenvalue weighted by Gasteiger charge is -2.19. The Bertz CT molecular complexity index is 506. The fourth-order valence-electron chi connectivity index (χ4n) is 2.33. The average Bonchev–Trinajstić information content (AvgIpc) is 2.86. The Morgan fingerprint density at radius 1 is 1.40 bits per heavy atom. The molecule has 0 spiro atoms. The number of methoxy groups -OCH3 is 1. The molecule has 0 saturated heterocycles. The van der Waals surface area contributed by atoms with E-state index in [0.717, 1.165) is 19.3 Å². The molecule has 1 fully saturated rings. The Morgan fingerprint density at radius 2 is 2.20 bits per heavy atom. The van der Waals surface area contributed by atoms with E-state index in [0.29, 0.717) is 5.69 Å². The molecule has 2 rings (SSSR count). The molecule has 0 aliphatic heterocycles. The Morgan fingerprint density at radius 3 is 2.90 bits per heavy atom. The number of carbonyl (C=O) groups excluding carboxylic acids is 1. The molecule has 1 aliphatic carbocycles. The SMILES string of the molecule is COC1CCCC1NC(=O)Nc1cncc(C(=O)O)c1. The van der Waals surface area contributed by atoms with Crippen LogP contribution in [0.2, 0.25) is 0 Å². The van der Waals surface area contributed by atoms with Gasteiger partial charge in [0.05, 0.1) is 29.6 Å². The minimum atomic E-state index is -1.09. The van der Waals surface area contributed by atoms with Crippen LogP contribution in [0.15, 0.2) is 18.5 Å². The summed E-state index contributed by atoms with van der Waals surface area (Å²) in [4.78, 5) is 26.4. The number of nitrogens with zero attached hydrogens (tertiary/aromatic N) is 1. The molecule has 1 saturated carbocycles. The van der Waals surface area contributed by atoms with Gasteiger partial charge in [0.2, 0.25) is 0 Å². The fourth-order valence-corrected chi connectivity index (χ4v) is 2.33. The molecule has 3 N–H and O–H groups in total. The highest BCUT2D eigenvalue weighted by Crippen LogP contribution is 2.21. The van der Waals surface area contributed by atoms with Gasteiger partial charge in [-0.3, -0.25) is 4.98 Å². The predicted octanol–water partition coefficient (Wildman–Crippen LogP) is 1.47. The van der Waals surface area contributed by atoms with Crippen LogP contribution < -0.4 is 10.6 Å². The van der Waals surface area contributed by atoms with Crippen LogP contribution in [0, 0.1) is 0 Å². The number of aromatic nitrogens is 1. The number of hydrogen-bond acceptors (Lipinski definition) is 4. The smallest absolute Gasteiger partial charge is 0.337 e. The van der Waals surface area contributed by atoms with Crippen molar-refractivity contribution in [2.45, 2.75) is 31.4 Å². The van der Waals surface area contributed by atoms with E-state index in [1.54, 1.807) is 7.11 Å². The summed E-state index contributed by atoms with van der Waals surface area (Å²) in [6.07, 6.45) is 5.47. The summed E-state index contributed by atoms with van der Waals surface area (Å²) in [6.45, 7) is 0. The van der Waals surface area contributed by atoms with E-state index in [1.165, 1.54) is 18.5 Å².